The molecule has 3 rings (SSSR count). The number of methoxy groups -OCH3 is 1. The zero-order valence-electron chi connectivity index (χ0n) is 24.1. The fourth-order valence-electron chi connectivity index (χ4n) is 4.27. The lowest BCUT2D eigenvalue weighted by atomic mass is 9.99. The number of anilines is 1. The van der Waals surface area contributed by atoms with E-state index in [1.165, 1.54) is 4.90 Å². The van der Waals surface area contributed by atoms with Crippen molar-refractivity contribution < 1.29 is 23.9 Å². The van der Waals surface area contributed by atoms with Gasteiger partial charge in [-0.1, -0.05) is 60.2 Å². The number of hydrogen-bond donors (Lipinski definition) is 2. The van der Waals surface area contributed by atoms with Crippen molar-refractivity contribution in [1.82, 2.24) is 10.2 Å². The topological polar surface area (TPSA) is 97.0 Å². The van der Waals surface area contributed by atoms with Crippen molar-refractivity contribution in [2.24, 2.45) is 0 Å². The minimum atomic E-state index is -0.959. The van der Waals surface area contributed by atoms with Crippen LogP contribution < -0.4 is 15.4 Å². The standard InChI is InChI=1S/C32H39N3O5/c1-7-35(30(37)27(21-23-11-9-8-10-12-23)34-31(38)40-32(3,4)5)28(24-15-13-22(2)14-16-24)29(36)33-25-17-19-26(39-6)20-18-25/h8-20,27-28H,7,21H2,1-6H3,(H,33,36)(H,34,38). The van der Waals surface area contributed by atoms with Crippen LogP contribution in [-0.2, 0) is 20.7 Å². The highest BCUT2D eigenvalue weighted by molar-refractivity contribution is 5.99. The predicted molar refractivity (Wildman–Crippen MR) is 156 cm³/mol. The first-order valence-electron chi connectivity index (χ1n) is 13.4. The largest absolute Gasteiger partial charge is 0.497 e. The number of alkyl carbamates (subject to hydrolysis) is 1. The van der Waals surface area contributed by atoms with Crippen LogP contribution in [0.5, 0.6) is 5.75 Å². The fraction of sp³-hybridized carbons (Fsp3) is 0.344. The number of carbonyl (C=O) groups excluding carboxylic acids is 3. The molecule has 40 heavy (non-hydrogen) atoms. The van der Waals surface area contributed by atoms with E-state index in [9.17, 15) is 14.4 Å². The van der Waals surface area contributed by atoms with Crippen molar-refractivity contribution in [1.29, 1.82) is 0 Å². The SMILES string of the molecule is CCN(C(=O)C(Cc1ccccc1)NC(=O)OC(C)(C)C)C(C(=O)Nc1ccc(OC)cc1)c1ccc(C)cc1. The van der Waals surface area contributed by atoms with E-state index >= 15 is 0 Å². The normalized spacial score (nSPS) is 12.6. The van der Waals surface area contributed by atoms with Crippen LogP contribution in [0.15, 0.2) is 78.9 Å². The van der Waals surface area contributed by atoms with Crippen molar-refractivity contribution in [3.8, 4) is 5.75 Å². The van der Waals surface area contributed by atoms with Crippen molar-refractivity contribution in [2.75, 3.05) is 19.0 Å². The molecule has 0 aromatic heterocycles. The maximum Gasteiger partial charge on any atom is 0.408 e. The maximum atomic E-state index is 14.2. The molecule has 0 fully saturated rings. The van der Waals surface area contributed by atoms with E-state index in [4.69, 9.17) is 9.47 Å². The second-order valence-electron chi connectivity index (χ2n) is 10.5. The lowest BCUT2D eigenvalue weighted by Crippen LogP contribution is -2.53. The molecule has 0 saturated heterocycles. The van der Waals surface area contributed by atoms with Crippen LogP contribution in [0.2, 0.25) is 0 Å². The average molecular weight is 546 g/mol. The van der Waals surface area contributed by atoms with E-state index in [-0.39, 0.29) is 18.9 Å². The van der Waals surface area contributed by atoms with Gasteiger partial charge in [-0.25, -0.2) is 4.79 Å². The van der Waals surface area contributed by atoms with Gasteiger partial charge >= 0.3 is 6.09 Å². The lowest BCUT2D eigenvalue weighted by Gasteiger charge is -2.34. The summed E-state index contributed by atoms with van der Waals surface area (Å²) in [4.78, 5) is 42.2. The van der Waals surface area contributed by atoms with Crippen LogP contribution in [0.1, 0.15) is 50.4 Å². The third kappa shape index (κ3) is 8.59. The summed E-state index contributed by atoms with van der Waals surface area (Å²) in [6.45, 7) is 9.28. The molecule has 212 valence electrons. The van der Waals surface area contributed by atoms with Gasteiger partial charge in [0.1, 0.15) is 23.4 Å². The molecule has 0 radical (unpaired) electrons. The smallest absolute Gasteiger partial charge is 0.408 e. The Morgan fingerprint density at radius 2 is 1.52 bits per heavy atom. The summed E-state index contributed by atoms with van der Waals surface area (Å²) in [6.07, 6.45) is -0.469. The maximum absolute atomic E-state index is 14.2. The van der Waals surface area contributed by atoms with Crippen LogP contribution in [0, 0.1) is 6.92 Å². The highest BCUT2D eigenvalue weighted by Gasteiger charge is 2.35. The molecule has 3 aromatic carbocycles. The van der Waals surface area contributed by atoms with Gasteiger partial charge in [-0.2, -0.15) is 0 Å². The Kier molecular flexibility index (Phi) is 10.3. The number of benzene rings is 3. The Labute approximate surface area is 236 Å². The van der Waals surface area contributed by atoms with E-state index in [1.54, 1.807) is 52.1 Å². The Morgan fingerprint density at radius 1 is 0.900 bits per heavy atom. The summed E-state index contributed by atoms with van der Waals surface area (Å²) in [5, 5.41) is 5.69. The predicted octanol–water partition coefficient (Wildman–Crippen LogP) is 5.67. The van der Waals surface area contributed by atoms with Crippen molar-refractivity contribution in [3.05, 3.63) is 95.6 Å². The van der Waals surface area contributed by atoms with Gasteiger partial charge in [0.15, 0.2) is 0 Å². The molecule has 2 atom stereocenters. The van der Waals surface area contributed by atoms with E-state index in [2.05, 4.69) is 10.6 Å². The van der Waals surface area contributed by atoms with Crippen molar-refractivity contribution >= 4 is 23.6 Å². The number of carbonyl (C=O) groups is 3. The Bertz CT molecular complexity index is 1270. The summed E-state index contributed by atoms with van der Waals surface area (Å²) >= 11 is 0. The molecule has 0 heterocycles. The zero-order chi connectivity index (χ0) is 29.3. The molecule has 8 nitrogen and oxygen atoms in total. The van der Waals surface area contributed by atoms with Gasteiger partial charge in [0.05, 0.1) is 7.11 Å². The molecule has 0 aliphatic carbocycles. The number of likely N-dealkylation sites (N-methyl/N-ethyl adjacent to an activating group) is 1. The lowest BCUT2D eigenvalue weighted by molar-refractivity contribution is -0.140. The molecule has 3 amide bonds. The number of amides is 3. The quantitative estimate of drug-likeness (QED) is 0.342. The second kappa shape index (κ2) is 13.6. The van der Waals surface area contributed by atoms with Gasteiger partial charge in [-0.3, -0.25) is 9.59 Å². The van der Waals surface area contributed by atoms with Crippen LogP contribution in [0.25, 0.3) is 0 Å². The van der Waals surface area contributed by atoms with E-state index < -0.39 is 29.7 Å². The Balaban J connectivity index is 1.97. The highest BCUT2D eigenvalue weighted by atomic mass is 16.6. The number of nitrogens with zero attached hydrogens (tertiary/aromatic N) is 1. The van der Waals surface area contributed by atoms with E-state index in [0.29, 0.717) is 17.0 Å². The van der Waals surface area contributed by atoms with Gasteiger partial charge < -0.3 is 25.0 Å². The van der Waals surface area contributed by atoms with Crippen molar-refractivity contribution in [3.63, 3.8) is 0 Å². The summed E-state index contributed by atoms with van der Waals surface area (Å²) < 4.78 is 10.7. The molecular formula is C32H39N3O5. The fourth-order valence-corrected chi connectivity index (χ4v) is 4.27. The average Bonchev–Trinajstić information content (AvgIpc) is 2.91. The van der Waals surface area contributed by atoms with Crippen LogP contribution in [-0.4, -0.2) is 48.1 Å². The molecule has 2 unspecified atom stereocenters. The van der Waals surface area contributed by atoms with Gasteiger partial charge in [-0.05, 0) is 70.0 Å². The summed E-state index contributed by atoms with van der Waals surface area (Å²) in [5.41, 5.74) is 2.38. The molecule has 0 spiro atoms. The molecule has 2 N–H and O–H groups in total. The third-order valence-corrected chi connectivity index (χ3v) is 6.21. The minimum absolute atomic E-state index is 0.231. The summed E-state index contributed by atoms with van der Waals surface area (Å²) in [5.74, 6) is -0.108. The summed E-state index contributed by atoms with van der Waals surface area (Å²) in [6, 6.07) is 22.0. The molecule has 0 saturated carbocycles. The van der Waals surface area contributed by atoms with Gasteiger partial charge in [0, 0.05) is 18.7 Å². The highest BCUT2D eigenvalue weighted by Crippen LogP contribution is 2.26. The molecule has 3 aromatic rings. The Morgan fingerprint density at radius 3 is 2.08 bits per heavy atom. The number of ether oxygens (including phenoxy) is 2. The van der Waals surface area contributed by atoms with Gasteiger partial charge in [0.25, 0.3) is 5.91 Å². The minimum Gasteiger partial charge on any atom is -0.497 e. The van der Waals surface area contributed by atoms with E-state index in [0.717, 1.165) is 11.1 Å². The molecule has 0 bridgehead atoms. The molecular weight excluding hydrogens is 506 g/mol. The first kappa shape index (κ1) is 30.2. The number of nitrogens with one attached hydrogen (secondary N) is 2. The van der Waals surface area contributed by atoms with E-state index in [1.807, 2.05) is 68.4 Å². The first-order chi connectivity index (χ1) is 19.0. The van der Waals surface area contributed by atoms with Crippen LogP contribution >= 0.6 is 0 Å². The first-order valence-corrected chi connectivity index (χ1v) is 13.4. The molecule has 0 aliphatic rings. The van der Waals surface area contributed by atoms with Crippen LogP contribution in [0.4, 0.5) is 10.5 Å². The molecule has 8 heteroatoms. The number of rotatable bonds is 10. The van der Waals surface area contributed by atoms with Crippen LogP contribution in [0.3, 0.4) is 0 Å². The summed E-state index contributed by atoms with van der Waals surface area (Å²) in [7, 11) is 1.57. The zero-order valence-corrected chi connectivity index (χ0v) is 24.1. The van der Waals surface area contributed by atoms with Gasteiger partial charge in [0.2, 0.25) is 5.91 Å². The second-order valence-corrected chi connectivity index (χ2v) is 10.5. The number of hydrogen-bond acceptors (Lipinski definition) is 5. The Hall–Kier alpha value is -4.33. The monoisotopic (exact) mass is 545 g/mol. The van der Waals surface area contributed by atoms with Crippen molar-refractivity contribution in [2.45, 2.75) is 58.7 Å². The molecule has 0 aliphatic heterocycles. The third-order valence-electron chi connectivity index (χ3n) is 6.21. The number of aryl methyl sites for hydroxylation is 1. The van der Waals surface area contributed by atoms with Gasteiger partial charge in [-0.15, -0.1) is 0 Å².